The second-order valence-corrected chi connectivity index (χ2v) is 4.35. The van der Waals surface area contributed by atoms with Crippen molar-refractivity contribution in [3.05, 3.63) is 71.2 Å². The summed E-state index contributed by atoms with van der Waals surface area (Å²) in [5.74, 6) is -2.85. The van der Waals surface area contributed by atoms with Crippen molar-refractivity contribution in [2.45, 2.75) is 6.10 Å². The van der Waals surface area contributed by atoms with E-state index in [0.717, 1.165) is 6.07 Å². The maximum Gasteiger partial charge on any atom is 0.170 e. The lowest BCUT2D eigenvalue weighted by atomic mass is 10.1. The van der Waals surface area contributed by atoms with Crippen LogP contribution in [0.15, 0.2) is 46.9 Å². The summed E-state index contributed by atoms with van der Waals surface area (Å²) in [7, 11) is 0. The number of fused-ring (bicyclic) bond motifs is 1. The Kier molecular flexibility index (Phi) is 2.99. The highest BCUT2D eigenvalue weighted by Crippen LogP contribution is 2.31. The van der Waals surface area contributed by atoms with Crippen LogP contribution < -0.4 is 0 Å². The molecular formula is C15H9F3O2. The topological polar surface area (TPSA) is 33.4 Å². The largest absolute Gasteiger partial charge is 0.455 e. The molecule has 0 aliphatic heterocycles. The molecule has 1 N–H and O–H groups in total. The minimum absolute atomic E-state index is 0.0293. The molecule has 3 rings (SSSR count). The van der Waals surface area contributed by atoms with E-state index in [1.54, 1.807) is 6.07 Å². The van der Waals surface area contributed by atoms with E-state index in [4.69, 9.17) is 4.42 Å². The Bertz CT molecular complexity index is 780. The fourth-order valence-electron chi connectivity index (χ4n) is 2.07. The van der Waals surface area contributed by atoms with E-state index < -0.39 is 23.6 Å². The quantitative estimate of drug-likeness (QED) is 0.770. The van der Waals surface area contributed by atoms with E-state index in [1.807, 2.05) is 0 Å². The van der Waals surface area contributed by atoms with Gasteiger partial charge in [0.2, 0.25) is 0 Å². The Morgan fingerprint density at radius 1 is 0.950 bits per heavy atom. The summed E-state index contributed by atoms with van der Waals surface area (Å²) in [6.07, 6.45) is -1.50. The fourth-order valence-corrected chi connectivity index (χ4v) is 2.07. The van der Waals surface area contributed by atoms with E-state index in [-0.39, 0.29) is 16.9 Å². The summed E-state index contributed by atoms with van der Waals surface area (Å²) in [5.41, 5.74) is -0.289. The average Bonchev–Trinajstić information content (AvgIpc) is 2.87. The summed E-state index contributed by atoms with van der Waals surface area (Å²) in [5, 5.41) is 10.5. The van der Waals surface area contributed by atoms with E-state index >= 15 is 0 Å². The van der Waals surface area contributed by atoms with Crippen molar-refractivity contribution in [1.82, 2.24) is 0 Å². The number of aliphatic hydroxyl groups is 1. The third kappa shape index (κ3) is 1.96. The molecule has 0 saturated heterocycles. The van der Waals surface area contributed by atoms with Crippen molar-refractivity contribution in [2.24, 2.45) is 0 Å². The zero-order chi connectivity index (χ0) is 14.3. The van der Waals surface area contributed by atoms with Crippen LogP contribution in [0.4, 0.5) is 13.2 Å². The predicted molar refractivity (Wildman–Crippen MR) is 66.6 cm³/mol. The summed E-state index contributed by atoms with van der Waals surface area (Å²) in [6, 6.07) is 9.17. The van der Waals surface area contributed by atoms with E-state index in [0.29, 0.717) is 5.39 Å². The Labute approximate surface area is 112 Å². The van der Waals surface area contributed by atoms with Crippen LogP contribution in [-0.4, -0.2) is 5.11 Å². The molecule has 3 aromatic rings. The molecule has 0 saturated carbocycles. The lowest BCUT2D eigenvalue weighted by Gasteiger charge is -2.09. The molecule has 2 nitrogen and oxygen atoms in total. The minimum Gasteiger partial charge on any atom is -0.455 e. The smallest absolute Gasteiger partial charge is 0.170 e. The molecule has 0 radical (unpaired) electrons. The van der Waals surface area contributed by atoms with E-state index in [1.165, 1.54) is 30.3 Å². The molecule has 102 valence electrons. The Morgan fingerprint density at radius 3 is 2.40 bits per heavy atom. The lowest BCUT2D eigenvalue weighted by Crippen LogP contribution is -2.02. The molecule has 0 bridgehead atoms. The van der Waals surface area contributed by atoms with Gasteiger partial charge in [-0.25, -0.2) is 13.2 Å². The molecule has 0 spiro atoms. The number of para-hydroxylation sites is 1. The molecule has 0 amide bonds. The molecule has 0 aliphatic rings. The van der Waals surface area contributed by atoms with Crippen LogP contribution in [0, 0.1) is 17.5 Å². The second kappa shape index (κ2) is 4.68. The van der Waals surface area contributed by atoms with Crippen molar-refractivity contribution in [1.29, 1.82) is 0 Å². The molecule has 0 aliphatic carbocycles. The average molecular weight is 278 g/mol. The highest BCUT2D eigenvalue weighted by atomic mass is 19.2. The van der Waals surface area contributed by atoms with Crippen LogP contribution in [0.2, 0.25) is 0 Å². The van der Waals surface area contributed by atoms with E-state index in [2.05, 4.69) is 0 Å². The van der Waals surface area contributed by atoms with Gasteiger partial charge in [-0.15, -0.1) is 0 Å². The SMILES string of the molecule is OC(c1cc2cccc(F)c2o1)c1cccc(F)c1F. The van der Waals surface area contributed by atoms with Gasteiger partial charge in [0.15, 0.2) is 23.0 Å². The van der Waals surface area contributed by atoms with Gasteiger partial charge < -0.3 is 9.52 Å². The maximum absolute atomic E-state index is 13.6. The maximum atomic E-state index is 13.6. The monoisotopic (exact) mass is 278 g/mol. The Balaban J connectivity index is 2.10. The van der Waals surface area contributed by atoms with Gasteiger partial charge in [-0.05, 0) is 18.2 Å². The van der Waals surface area contributed by atoms with Crippen LogP contribution in [0.5, 0.6) is 0 Å². The van der Waals surface area contributed by atoms with Crippen LogP contribution >= 0.6 is 0 Å². The van der Waals surface area contributed by atoms with Crippen LogP contribution in [-0.2, 0) is 0 Å². The highest BCUT2D eigenvalue weighted by Gasteiger charge is 2.21. The first kappa shape index (κ1) is 12.7. The predicted octanol–water partition coefficient (Wildman–Crippen LogP) is 3.93. The zero-order valence-electron chi connectivity index (χ0n) is 10.1. The van der Waals surface area contributed by atoms with Gasteiger partial charge in [-0.1, -0.05) is 24.3 Å². The number of hydrogen-bond donors (Lipinski definition) is 1. The van der Waals surface area contributed by atoms with Gasteiger partial charge >= 0.3 is 0 Å². The fraction of sp³-hybridized carbons (Fsp3) is 0.0667. The lowest BCUT2D eigenvalue weighted by molar-refractivity contribution is 0.186. The first-order chi connectivity index (χ1) is 9.58. The van der Waals surface area contributed by atoms with Crippen LogP contribution in [0.25, 0.3) is 11.0 Å². The first-order valence-electron chi connectivity index (χ1n) is 5.88. The van der Waals surface area contributed by atoms with Crippen LogP contribution in [0.3, 0.4) is 0 Å². The number of benzene rings is 2. The molecule has 1 heterocycles. The summed E-state index contributed by atoms with van der Waals surface area (Å²) < 4.78 is 45.5. The Hall–Kier alpha value is -2.27. The number of rotatable bonds is 2. The Morgan fingerprint density at radius 2 is 1.65 bits per heavy atom. The molecule has 2 aromatic carbocycles. The molecule has 0 fully saturated rings. The van der Waals surface area contributed by atoms with Gasteiger partial charge in [0.05, 0.1) is 0 Å². The van der Waals surface area contributed by atoms with Gasteiger partial charge in [-0.3, -0.25) is 0 Å². The van der Waals surface area contributed by atoms with Gasteiger partial charge in [-0.2, -0.15) is 0 Å². The first-order valence-corrected chi connectivity index (χ1v) is 5.88. The number of furan rings is 1. The minimum atomic E-state index is -1.50. The standard InChI is InChI=1S/C15H9F3O2/c16-10-5-2-4-9(13(10)18)14(19)12-7-8-3-1-6-11(17)15(8)20-12/h1-7,14,19H. The second-order valence-electron chi connectivity index (χ2n) is 4.35. The van der Waals surface area contributed by atoms with Crippen molar-refractivity contribution in [2.75, 3.05) is 0 Å². The summed E-state index contributed by atoms with van der Waals surface area (Å²) in [4.78, 5) is 0. The molecule has 1 unspecified atom stereocenters. The van der Waals surface area contributed by atoms with E-state index in [9.17, 15) is 18.3 Å². The molecule has 1 atom stereocenters. The molecular weight excluding hydrogens is 269 g/mol. The third-order valence-corrected chi connectivity index (χ3v) is 3.06. The molecule has 5 heteroatoms. The number of hydrogen-bond acceptors (Lipinski definition) is 2. The summed E-state index contributed by atoms with van der Waals surface area (Å²) >= 11 is 0. The number of halogens is 3. The van der Waals surface area contributed by atoms with Gasteiger partial charge in [0.1, 0.15) is 11.9 Å². The molecule has 1 aromatic heterocycles. The normalized spacial score (nSPS) is 12.8. The van der Waals surface area contributed by atoms with Crippen molar-refractivity contribution in [3.8, 4) is 0 Å². The zero-order valence-corrected chi connectivity index (χ0v) is 10.1. The van der Waals surface area contributed by atoms with Crippen molar-refractivity contribution >= 4 is 11.0 Å². The third-order valence-electron chi connectivity index (χ3n) is 3.06. The van der Waals surface area contributed by atoms with Crippen molar-refractivity contribution < 1.29 is 22.7 Å². The summed E-state index contributed by atoms with van der Waals surface area (Å²) in [6.45, 7) is 0. The number of aliphatic hydroxyl groups excluding tert-OH is 1. The van der Waals surface area contributed by atoms with Crippen LogP contribution in [0.1, 0.15) is 17.4 Å². The van der Waals surface area contributed by atoms with Gasteiger partial charge in [0, 0.05) is 10.9 Å². The van der Waals surface area contributed by atoms with Gasteiger partial charge in [0.25, 0.3) is 0 Å². The molecule has 20 heavy (non-hydrogen) atoms. The van der Waals surface area contributed by atoms with Crippen molar-refractivity contribution in [3.63, 3.8) is 0 Å². The highest BCUT2D eigenvalue weighted by molar-refractivity contribution is 5.78.